The Kier molecular flexibility index (Phi) is 5.29. The maximum absolute atomic E-state index is 5.85. The Morgan fingerprint density at radius 1 is 1.33 bits per heavy atom. The zero-order chi connectivity index (χ0) is 11.3. The smallest absolute Gasteiger partial charge is 0.0935 e. The van der Waals surface area contributed by atoms with Crippen LogP contribution in [0.3, 0.4) is 0 Å². The van der Waals surface area contributed by atoms with Gasteiger partial charge in [0.25, 0.3) is 0 Å². The van der Waals surface area contributed by atoms with Crippen LogP contribution in [0, 0.1) is 0 Å². The summed E-state index contributed by atoms with van der Waals surface area (Å²) in [7, 11) is 0. The van der Waals surface area contributed by atoms with Gasteiger partial charge in [0.2, 0.25) is 0 Å². The molecule has 0 fully saturated rings. The van der Waals surface area contributed by atoms with E-state index in [1.807, 2.05) is 26.0 Å². The molecule has 0 unspecified atom stereocenters. The predicted molar refractivity (Wildman–Crippen MR) is 71.2 cm³/mol. The number of aryl methyl sites for hydroxylation is 1. The Morgan fingerprint density at radius 3 is 2.53 bits per heavy atom. The van der Waals surface area contributed by atoms with Gasteiger partial charge in [0.05, 0.1) is 19.9 Å². The van der Waals surface area contributed by atoms with E-state index in [0.717, 1.165) is 21.3 Å². The molecule has 0 aliphatic carbocycles. The van der Waals surface area contributed by atoms with Gasteiger partial charge in [-0.15, -0.1) is 22.7 Å². The first-order valence-corrected chi connectivity index (χ1v) is 7.07. The normalized spacial score (nSPS) is 9.60. The molecular weight excluding hydrogens is 246 g/mol. The van der Waals surface area contributed by atoms with Gasteiger partial charge < -0.3 is 0 Å². The summed E-state index contributed by atoms with van der Waals surface area (Å²) in [5, 5.41) is 3.26. The number of nitrogens with zero attached hydrogens (tertiary/aromatic N) is 1. The molecule has 2 aromatic rings. The Morgan fingerprint density at radius 2 is 2.07 bits per heavy atom. The average Bonchev–Trinajstić information content (AvgIpc) is 2.88. The van der Waals surface area contributed by atoms with Gasteiger partial charge >= 0.3 is 0 Å². The molecule has 4 heteroatoms. The molecule has 0 spiro atoms. The lowest BCUT2D eigenvalue weighted by Crippen LogP contribution is -1.76. The summed E-state index contributed by atoms with van der Waals surface area (Å²) in [6, 6.07) is 3.92. The number of hydrogen-bond acceptors (Lipinski definition) is 3. The third-order valence-corrected chi connectivity index (χ3v) is 3.93. The monoisotopic (exact) mass is 259 g/mol. The van der Waals surface area contributed by atoms with Crippen molar-refractivity contribution in [1.29, 1.82) is 0 Å². The molecular formula is C11H14ClNS2. The number of aromatic nitrogens is 1. The summed E-state index contributed by atoms with van der Waals surface area (Å²) >= 11 is 9.13. The van der Waals surface area contributed by atoms with Crippen LogP contribution >= 0.6 is 34.3 Å². The molecule has 0 aliphatic heterocycles. The molecule has 0 atom stereocenters. The molecule has 0 N–H and O–H groups in total. The summed E-state index contributed by atoms with van der Waals surface area (Å²) in [5.41, 5.74) is 1.05. The second-order valence-electron chi connectivity index (χ2n) is 2.58. The van der Waals surface area contributed by atoms with Gasteiger partial charge in [0, 0.05) is 5.38 Å². The molecule has 0 saturated heterocycles. The van der Waals surface area contributed by atoms with Crippen molar-refractivity contribution in [3.63, 3.8) is 0 Å². The lowest BCUT2D eigenvalue weighted by Gasteiger charge is -1.87. The SMILES string of the molecule is CC.CCc1nc(-c2ccc(Cl)s2)cs1. The van der Waals surface area contributed by atoms with Crippen LogP contribution in [0.15, 0.2) is 17.5 Å². The van der Waals surface area contributed by atoms with Gasteiger partial charge in [0.15, 0.2) is 0 Å². The molecule has 2 aromatic heterocycles. The van der Waals surface area contributed by atoms with Gasteiger partial charge in [-0.3, -0.25) is 0 Å². The molecule has 82 valence electrons. The number of halogens is 1. The second kappa shape index (κ2) is 6.26. The fraction of sp³-hybridized carbons (Fsp3) is 0.364. The third-order valence-electron chi connectivity index (χ3n) is 1.68. The highest BCUT2D eigenvalue weighted by atomic mass is 35.5. The minimum Gasteiger partial charge on any atom is -0.240 e. The van der Waals surface area contributed by atoms with Gasteiger partial charge in [-0.2, -0.15) is 0 Å². The zero-order valence-electron chi connectivity index (χ0n) is 9.08. The number of rotatable bonds is 2. The fourth-order valence-corrected chi connectivity index (χ4v) is 2.86. The Labute approximate surface area is 104 Å². The maximum Gasteiger partial charge on any atom is 0.0935 e. The Balaban J connectivity index is 0.000000531. The fourth-order valence-electron chi connectivity index (χ4n) is 1.04. The van der Waals surface area contributed by atoms with Crippen molar-refractivity contribution in [3.05, 3.63) is 26.9 Å². The second-order valence-corrected chi connectivity index (χ2v) is 5.24. The number of thiazole rings is 1. The van der Waals surface area contributed by atoms with Crippen molar-refractivity contribution in [3.8, 4) is 10.6 Å². The molecule has 1 nitrogen and oxygen atoms in total. The molecule has 0 saturated carbocycles. The van der Waals surface area contributed by atoms with Crippen LogP contribution in [0.2, 0.25) is 4.34 Å². The largest absolute Gasteiger partial charge is 0.240 e. The molecule has 0 aliphatic rings. The van der Waals surface area contributed by atoms with Gasteiger partial charge in [-0.1, -0.05) is 32.4 Å². The van der Waals surface area contributed by atoms with Crippen LogP contribution in [0.25, 0.3) is 10.6 Å². The molecule has 2 rings (SSSR count). The van der Waals surface area contributed by atoms with E-state index in [0.29, 0.717) is 0 Å². The molecule has 0 radical (unpaired) electrons. The summed E-state index contributed by atoms with van der Waals surface area (Å²) in [4.78, 5) is 5.64. The van der Waals surface area contributed by atoms with Crippen LogP contribution in [-0.2, 0) is 6.42 Å². The minimum absolute atomic E-state index is 0.820. The van der Waals surface area contributed by atoms with E-state index in [2.05, 4.69) is 17.3 Å². The highest BCUT2D eigenvalue weighted by Crippen LogP contribution is 2.31. The van der Waals surface area contributed by atoms with Gasteiger partial charge in [-0.25, -0.2) is 4.98 Å². The van der Waals surface area contributed by atoms with Gasteiger partial charge in [-0.05, 0) is 18.6 Å². The highest BCUT2D eigenvalue weighted by molar-refractivity contribution is 7.19. The Bertz CT molecular complexity index is 406. The highest BCUT2D eigenvalue weighted by Gasteiger charge is 2.05. The van der Waals surface area contributed by atoms with Crippen LogP contribution in [0.4, 0.5) is 0 Å². The summed E-state index contributed by atoms with van der Waals surface area (Å²) in [6.45, 7) is 6.12. The van der Waals surface area contributed by atoms with Crippen molar-refractivity contribution < 1.29 is 0 Å². The average molecular weight is 260 g/mol. The summed E-state index contributed by atoms with van der Waals surface area (Å²) in [5.74, 6) is 0. The van der Waals surface area contributed by atoms with Crippen LogP contribution in [0.1, 0.15) is 25.8 Å². The molecule has 15 heavy (non-hydrogen) atoms. The summed E-state index contributed by atoms with van der Waals surface area (Å²) in [6.07, 6.45) is 1.00. The first kappa shape index (κ1) is 12.7. The molecule has 0 aromatic carbocycles. The van der Waals surface area contributed by atoms with Crippen molar-refractivity contribution in [2.45, 2.75) is 27.2 Å². The molecule has 0 bridgehead atoms. The quantitative estimate of drug-likeness (QED) is 0.730. The van der Waals surface area contributed by atoms with E-state index in [4.69, 9.17) is 11.6 Å². The molecule has 2 heterocycles. The topological polar surface area (TPSA) is 12.9 Å². The predicted octanol–water partition coefficient (Wildman–Crippen LogP) is 5.11. The van der Waals surface area contributed by atoms with Gasteiger partial charge in [0.1, 0.15) is 0 Å². The van der Waals surface area contributed by atoms with Crippen molar-refractivity contribution >= 4 is 34.3 Å². The lowest BCUT2D eigenvalue weighted by atomic mass is 10.4. The number of hydrogen-bond donors (Lipinski definition) is 0. The standard InChI is InChI=1S/C9H8ClNS2.C2H6/c1-2-9-11-6(5-12-9)7-3-4-8(10)13-7;1-2/h3-5H,2H2,1H3;1-2H3. The van der Waals surface area contributed by atoms with E-state index in [1.54, 1.807) is 22.7 Å². The minimum atomic E-state index is 0.820. The van der Waals surface area contributed by atoms with E-state index in [9.17, 15) is 0 Å². The lowest BCUT2D eigenvalue weighted by molar-refractivity contribution is 1.10. The van der Waals surface area contributed by atoms with Crippen LogP contribution in [0.5, 0.6) is 0 Å². The first-order valence-electron chi connectivity index (χ1n) is 4.99. The van der Waals surface area contributed by atoms with E-state index >= 15 is 0 Å². The van der Waals surface area contributed by atoms with E-state index in [-0.39, 0.29) is 0 Å². The molecule has 0 amide bonds. The van der Waals surface area contributed by atoms with E-state index in [1.165, 1.54) is 5.01 Å². The third kappa shape index (κ3) is 3.30. The van der Waals surface area contributed by atoms with Crippen molar-refractivity contribution in [1.82, 2.24) is 4.98 Å². The zero-order valence-corrected chi connectivity index (χ0v) is 11.5. The Hall–Kier alpha value is -0.380. The van der Waals surface area contributed by atoms with E-state index < -0.39 is 0 Å². The van der Waals surface area contributed by atoms with Crippen LogP contribution in [-0.4, -0.2) is 4.98 Å². The van der Waals surface area contributed by atoms with Crippen molar-refractivity contribution in [2.75, 3.05) is 0 Å². The summed E-state index contributed by atoms with van der Waals surface area (Å²) < 4.78 is 0.820. The van der Waals surface area contributed by atoms with Crippen molar-refractivity contribution in [2.24, 2.45) is 0 Å². The maximum atomic E-state index is 5.85. The first-order chi connectivity index (χ1) is 7.29. The van der Waals surface area contributed by atoms with Crippen LogP contribution < -0.4 is 0 Å². The number of thiophene rings is 1.